The Bertz CT molecular complexity index is 279. The predicted molar refractivity (Wildman–Crippen MR) is 54.6 cm³/mol. The van der Waals surface area contributed by atoms with E-state index >= 15 is 0 Å². The van der Waals surface area contributed by atoms with E-state index < -0.39 is 0 Å². The third-order valence-corrected chi connectivity index (χ3v) is 2.55. The van der Waals surface area contributed by atoms with Gasteiger partial charge in [-0.3, -0.25) is 0 Å². The van der Waals surface area contributed by atoms with Gasteiger partial charge in [0.25, 0.3) is 0 Å². The second-order valence-corrected chi connectivity index (χ2v) is 3.45. The monoisotopic (exact) mass is 179 g/mol. The van der Waals surface area contributed by atoms with Crippen molar-refractivity contribution in [2.75, 3.05) is 13.7 Å². The summed E-state index contributed by atoms with van der Waals surface area (Å²) in [5.41, 5.74) is 7.72. The zero-order chi connectivity index (χ0) is 9.90. The van der Waals surface area contributed by atoms with Crippen LogP contribution in [-0.2, 0) is 10.3 Å². The second-order valence-electron chi connectivity index (χ2n) is 3.45. The lowest BCUT2D eigenvalue weighted by Gasteiger charge is -2.28. The fourth-order valence-electron chi connectivity index (χ4n) is 1.47. The molecule has 0 aliphatic carbocycles. The first kappa shape index (κ1) is 10.2. The van der Waals surface area contributed by atoms with Crippen LogP contribution in [0, 0.1) is 6.92 Å². The summed E-state index contributed by atoms with van der Waals surface area (Å²) in [5.74, 6) is 0. The molecule has 2 heteroatoms. The molecule has 2 nitrogen and oxygen atoms in total. The first-order valence-electron chi connectivity index (χ1n) is 4.45. The van der Waals surface area contributed by atoms with E-state index in [1.54, 1.807) is 7.11 Å². The summed E-state index contributed by atoms with van der Waals surface area (Å²) in [6.07, 6.45) is 0. The molecule has 13 heavy (non-hydrogen) atoms. The molecule has 0 saturated heterocycles. The molecule has 0 bridgehead atoms. The van der Waals surface area contributed by atoms with Gasteiger partial charge in [-0.15, -0.1) is 0 Å². The lowest BCUT2D eigenvalue weighted by atomic mass is 9.92. The van der Waals surface area contributed by atoms with E-state index in [1.165, 1.54) is 11.1 Å². The minimum Gasteiger partial charge on any atom is -0.372 e. The third-order valence-electron chi connectivity index (χ3n) is 2.55. The van der Waals surface area contributed by atoms with E-state index in [9.17, 15) is 0 Å². The SMILES string of the molecule is COC(C)(CN)c1ccccc1C. The molecular formula is C11H17NO. The van der Waals surface area contributed by atoms with Crippen LogP contribution in [0.15, 0.2) is 24.3 Å². The molecule has 72 valence electrons. The number of rotatable bonds is 3. The molecular weight excluding hydrogens is 162 g/mol. The van der Waals surface area contributed by atoms with Gasteiger partial charge in [-0.25, -0.2) is 0 Å². The molecule has 1 rings (SSSR count). The average molecular weight is 179 g/mol. The predicted octanol–water partition coefficient (Wildman–Crippen LogP) is 1.82. The van der Waals surface area contributed by atoms with Gasteiger partial charge in [0.1, 0.15) is 5.60 Å². The first-order chi connectivity index (χ1) is 6.14. The van der Waals surface area contributed by atoms with E-state index in [2.05, 4.69) is 19.1 Å². The van der Waals surface area contributed by atoms with Gasteiger partial charge in [-0.2, -0.15) is 0 Å². The van der Waals surface area contributed by atoms with Crippen molar-refractivity contribution in [3.05, 3.63) is 35.4 Å². The number of hydrogen-bond acceptors (Lipinski definition) is 2. The van der Waals surface area contributed by atoms with E-state index in [0.717, 1.165) is 0 Å². The van der Waals surface area contributed by atoms with Gasteiger partial charge in [0.2, 0.25) is 0 Å². The third kappa shape index (κ3) is 1.90. The Morgan fingerprint density at radius 2 is 2.00 bits per heavy atom. The van der Waals surface area contributed by atoms with Gasteiger partial charge in [-0.05, 0) is 25.0 Å². The van der Waals surface area contributed by atoms with Gasteiger partial charge < -0.3 is 10.5 Å². The van der Waals surface area contributed by atoms with Crippen molar-refractivity contribution in [1.29, 1.82) is 0 Å². The Morgan fingerprint density at radius 3 is 2.46 bits per heavy atom. The maximum atomic E-state index is 5.69. The van der Waals surface area contributed by atoms with Crippen molar-refractivity contribution in [2.45, 2.75) is 19.4 Å². The van der Waals surface area contributed by atoms with Crippen molar-refractivity contribution in [1.82, 2.24) is 0 Å². The topological polar surface area (TPSA) is 35.2 Å². The number of benzene rings is 1. The normalized spacial score (nSPS) is 15.4. The standard InChI is InChI=1S/C11H17NO/c1-9-6-4-5-7-10(9)11(2,8-12)13-3/h4-7H,8,12H2,1-3H3. The van der Waals surface area contributed by atoms with Crippen LogP contribution in [0.1, 0.15) is 18.1 Å². The smallest absolute Gasteiger partial charge is 0.102 e. The summed E-state index contributed by atoms with van der Waals surface area (Å²) in [6, 6.07) is 8.16. The first-order valence-corrected chi connectivity index (χ1v) is 4.45. The summed E-state index contributed by atoms with van der Waals surface area (Å²) < 4.78 is 5.43. The van der Waals surface area contributed by atoms with Crippen molar-refractivity contribution in [2.24, 2.45) is 5.73 Å². The number of ether oxygens (including phenoxy) is 1. The summed E-state index contributed by atoms with van der Waals surface area (Å²) in [7, 11) is 1.69. The molecule has 0 spiro atoms. The lowest BCUT2D eigenvalue weighted by molar-refractivity contribution is 0.00957. The lowest BCUT2D eigenvalue weighted by Crippen LogP contribution is -2.34. The number of hydrogen-bond donors (Lipinski definition) is 1. The minimum atomic E-state index is -0.356. The number of nitrogens with two attached hydrogens (primary N) is 1. The maximum Gasteiger partial charge on any atom is 0.102 e. The van der Waals surface area contributed by atoms with Crippen LogP contribution in [0.25, 0.3) is 0 Å². The minimum absolute atomic E-state index is 0.356. The Hall–Kier alpha value is -0.860. The number of methoxy groups -OCH3 is 1. The summed E-state index contributed by atoms with van der Waals surface area (Å²) in [6.45, 7) is 4.58. The quantitative estimate of drug-likeness (QED) is 0.768. The van der Waals surface area contributed by atoms with Crippen LogP contribution in [0.4, 0.5) is 0 Å². The van der Waals surface area contributed by atoms with Gasteiger partial charge in [0.05, 0.1) is 0 Å². The zero-order valence-corrected chi connectivity index (χ0v) is 8.50. The number of aryl methyl sites for hydroxylation is 1. The second kappa shape index (κ2) is 3.90. The summed E-state index contributed by atoms with van der Waals surface area (Å²) in [4.78, 5) is 0. The van der Waals surface area contributed by atoms with Crippen LogP contribution >= 0.6 is 0 Å². The molecule has 0 saturated carbocycles. The van der Waals surface area contributed by atoms with Crippen LogP contribution in [0.2, 0.25) is 0 Å². The molecule has 1 aromatic rings. The molecule has 2 N–H and O–H groups in total. The Morgan fingerprint density at radius 1 is 1.38 bits per heavy atom. The molecule has 0 aliphatic heterocycles. The molecule has 0 fully saturated rings. The highest BCUT2D eigenvalue weighted by Crippen LogP contribution is 2.25. The van der Waals surface area contributed by atoms with Crippen LogP contribution in [0.5, 0.6) is 0 Å². The van der Waals surface area contributed by atoms with E-state index in [0.29, 0.717) is 6.54 Å². The zero-order valence-electron chi connectivity index (χ0n) is 8.50. The van der Waals surface area contributed by atoms with Gasteiger partial charge >= 0.3 is 0 Å². The van der Waals surface area contributed by atoms with Crippen molar-refractivity contribution >= 4 is 0 Å². The molecule has 1 atom stereocenters. The fraction of sp³-hybridized carbons (Fsp3) is 0.455. The summed E-state index contributed by atoms with van der Waals surface area (Å²) >= 11 is 0. The molecule has 0 aromatic heterocycles. The van der Waals surface area contributed by atoms with Crippen molar-refractivity contribution in [3.8, 4) is 0 Å². The van der Waals surface area contributed by atoms with Crippen molar-refractivity contribution in [3.63, 3.8) is 0 Å². The molecule has 1 unspecified atom stereocenters. The average Bonchev–Trinajstić information content (AvgIpc) is 2.17. The van der Waals surface area contributed by atoms with Crippen LogP contribution in [0.3, 0.4) is 0 Å². The Kier molecular flexibility index (Phi) is 3.07. The van der Waals surface area contributed by atoms with E-state index in [4.69, 9.17) is 10.5 Å². The van der Waals surface area contributed by atoms with Crippen LogP contribution < -0.4 is 5.73 Å². The molecule has 0 heterocycles. The maximum absolute atomic E-state index is 5.69. The highest BCUT2D eigenvalue weighted by Gasteiger charge is 2.25. The van der Waals surface area contributed by atoms with Gasteiger partial charge in [-0.1, -0.05) is 24.3 Å². The van der Waals surface area contributed by atoms with Crippen molar-refractivity contribution < 1.29 is 4.74 Å². The Labute approximate surface area is 79.7 Å². The van der Waals surface area contributed by atoms with Gasteiger partial charge in [0, 0.05) is 13.7 Å². The Balaban J connectivity index is 3.12. The summed E-state index contributed by atoms with van der Waals surface area (Å²) in [5, 5.41) is 0. The highest BCUT2D eigenvalue weighted by molar-refractivity contribution is 5.31. The van der Waals surface area contributed by atoms with E-state index in [-0.39, 0.29) is 5.60 Å². The molecule has 1 aromatic carbocycles. The largest absolute Gasteiger partial charge is 0.372 e. The van der Waals surface area contributed by atoms with Crippen LogP contribution in [-0.4, -0.2) is 13.7 Å². The molecule has 0 amide bonds. The molecule has 0 radical (unpaired) electrons. The van der Waals surface area contributed by atoms with Gasteiger partial charge in [0.15, 0.2) is 0 Å². The van der Waals surface area contributed by atoms with E-state index in [1.807, 2.05) is 19.1 Å². The highest BCUT2D eigenvalue weighted by atomic mass is 16.5. The fourth-order valence-corrected chi connectivity index (χ4v) is 1.47. The molecule has 0 aliphatic rings.